The average Bonchev–Trinajstić information content (AvgIpc) is 3.59. The summed E-state index contributed by atoms with van der Waals surface area (Å²) in [6.07, 6.45) is 5.91. The predicted octanol–water partition coefficient (Wildman–Crippen LogP) is 6.64. The molecule has 6 heterocycles. The number of carbonyl (C=O) groups excluding carboxylic acids is 5. The second kappa shape index (κ2) is 20.5. The van der Waals surface area contributed by atoms with Crippen molar-refractivity contribution in [3.63, 3.8) is 0 Å². The highest BCUT2D eigenvalue weighted by Gasteiger charge is 2.54. The van der Waals surface area contributed by atoms with Gasteiger partial charge in [-0.2, -0.15) is 0 Å². The third kappa shape index (κ3) is 9.70. The zero-order valence-corrected chi connectivity index (χ0v) is 45.0. The monoisotopic (exact) mass is 1060 g/mol. The third-order valence-corrected chi connectivity index (χ3v) is 17.9. The summed E-state index contributed by atoms with van der Waals surface area (Å²) in [5, 5.41) is 28.2. The van der Waals surface area contributed by atoms with Crippen LogP contribution in [0.25, 0.3) is 5.00 Å². The van der Waals surface area contributed by atoms with Gasteiger partial charge >= 0.3 is 0 Å². The van der Waals surface area contributed by atoms with Crippen LogP contribution in [0, 0.1) is 44.4 Å². The Balaban J connectivity index is 0.789. The van der Waals surface area contributed by atoms with Gasteiger partial charge < -0.3 is 30.5 Å². The first-order valence-electron chi connectivity index (χ1n) is 25.5. The van der Waals surface area contributed by atoms with Gasteiger partial charge in [0.1, 0.15) is 34.9 Å². The van der Waals surface area contributed by atoms with E-state index in [1.54, 1.807) is 23.1 Å². The van der Waals surface area contributed by atoms with Crippen LogP contribution in [-0.2, 0) is 43.5 Å². The number of amides is 5. The van der Waals surface area contributed by atoms with Crippen LogP contribution < -0.4 is 20.7 Å². The highest BCUT2D eigenvalue weighted by atomic mass is 35.5. The summed E-state index contributed by atoms with van der Waals surface area (Å²) < 4.78 is 10.3. The summed E-state index contributed by atoms with van der Waals surface area (Å²) in [6.45, 7) is 11.5. The minimum Gasteiger partial charge on any atom is -0.487 e. The Kier molecular flexibility index (Phi) is 14.2. The van der Waals surface area contributed by atoms with Gasteiger partial charge in [0.15, 0.2) is 5.82 Å². The van der Waals surface area contributed by atoms with Crippen LogP contribution in [0.15, 0.2) is 41.4 Å². The average molecular weight is 1070 g/mol. The normalized spacial score (nSPS) is 21.6. The SMILES string of the molecule is CNC(=O)[C@@]1(C)CCCC[C@H]1C(=O)N1CCc2c(Cl)ccc(OCc3nnn(CCNC(=O)CNC(=O)C[C@@H]4N=C(c5ccc(Cl)cc5)c5c(sc(C)c5C)-n5c(C)nnc54)c3C)c2C1CN1CC2(CC2)CC1=O. The number of likely N-dealkylation sites (tertiary alicyclic amines) is 1. The third-order valence-electron chi connectivity index (χ3n) is 16.1. The summed E-state index contributed by atoms with van der Waals surface area (Å²) in [5.41, 5.74) is 5.75. The lowest BCUT2D eigenvalue weighted by Crippen LogP contribution is -2.54. The number of hydrogen-bond donors (Lipinski definition) is 3. The number of nitrogens with zero attached hydrogens (tertiary/aromatic N) is 9. The first-order valence-corrected chi connectivity index (χ1v) is 27.1. The molecule has 18 nitrogen and oxygen atoms in total. The van der Waals surface area contributed by atoms with E-state index < -0.39 is 23.4 Å². The molecule has 2 aromatic carbocycles. The van der Waals surface area contributed by atoms with Gasteiger partial charge in [0.2, 0.25) is 29.5 Å². The topological polar surface area (TPSA) is 211 Å². The number of ether oxygens (including phenoxy) is 1. The molecule has 0 bridgehead atoms. The molecule has 2 saturated carbocycles. The van der Waals surface area contributed by atoms with Crippen LogP contribution in [0.4, 0.5) is 0 Å². The molecule has 0 radical (unpaired) electrons. The fourth-order valence-corrected chi connectivity index (χ4v) is 13.1. The van der Waals surface area contributed by atoms with Crippen LogP contribution in [0.3, 0.4) is 0 Å². The lowest BCUT2D eigenvalue weighted by molar-refractivity contribution is -0.153. The van der Waals surface area contributed by atoms with E-state index in [9.17, 15) is 24.0 Å². The summed E-state index contributed by atoms with van der Waals surface area (Å²) >= 11 is 14.8. The number of carbonyl (C=O) groups is 5. The van der Waals surface area contributed by atoms with E-state index in [2.05, 4.69) is 50.3 Å². The van der Waals surface area contributed by atoms with Crippen LogP contribution in [-0.4, -0.2) is 115 Å². The second-order valence-electron chi connectivity index (χ2n) is 20.8. The van der Waals surface area contributed by atoms with Gasteiger partial charge in [0.05, 0.1) is 48.3 Å². The standard InChI is InChI=1S/C53H62Cl2N12O6S/c1-29-31(3)74-50-45(29)47(33-10-12-34(54)13-11-33)59-38(48-62-60-32(4)67(48)50)23-42(68)58-25-43(69)57-20-22-66-30(2)39(61-63-66)27-73-41-15-14-37(55)35-16-21-65(49(71)36-9-7-8-17-52(36,5)51(72)56-6)40(46(35)41)26-64-28-53(18-19-53)24-44(64)70/h10-15,36,38,40H,7-9,16-28H2,1-6H3,(H,56,72)(H,57,69)(H,58,68)/t36-,38-,40?,52-/m0/s1. The molecule has 3 aliphatic heterocycles. The highest BCUT2D eigenvalue weighted by Crippen LogP contribution is 2.54. The number of thiophene rings is 1. The molecule has 1 saturated heterocycles. The molecule has 5 amide bonds. The zero-order valence-electron chi connectivity index (χ0n) is 42.6. The highest BCUT2D eigenvalue weighted by molar-refractivity contribution is 7.15. The minimum atomic E-state index is -0.861. The molecule has 21 heteroatoms. The Labute approximate surface area is 444 Å². The van der Waals surface area contributed by atoms with E-state index in [-0.39, 0.29) is 61.1 Å². The number of fused-ring (bicyclic) bond motifs is 4. The van der Waals surface area contributed by atoms with Crippen molar-refractivity contribution in [3.05, 3.63) is 102 Å². The smallest absolute Gasteiger partial charge is 0.239 e. The van der Waals surface area contributed by atoms with Crippen LogP contribution in [0.1, 0.15) is 126 Å². The van der Waals surface area contributed by atoms with Crippen molar-refractivity contribution in [2.45, 2.75) is 118 Å². The lowest BCUT2D eigenvalue weighted by atomic mass is 9.66. The Morgan fingerprint density at radius 3 is 2.47 bits per heavy atom. The maximum atomic E-state index is 14.9. The van der Waals surface area contributed by atoms with Crippen LogP contribution in [0.2, 0.25) is 10.0 Å². The quantitative estimate of drug-likeness (QED) is 0.102. The van der Waals surface area contributed by atoms with Gasteiger partial charge in [0, 0.05) is 71.3 Å². The zero-order chi connectivity index (χ0) is 52.2. The van der Waals surface area contributed by atoms with Crippen molar-refractivity contribution in [1.82, 2.24) is 55.5 Å². The van der Waals surface area contributed by atoms with E-state index in [1.807, 2.05) is 71.5 Å². The van der Waals surface area contributed by atoms with E-state index in [1.165, 1.54) is 0 Å². The molecule has 5 aliphatic rings. The molecule has 5 aromatic rings. The minimum absolute atomic E-state index is 0.0222. The molecule has 10 rings (SSSR count). The molecular formula is C53H62Cl2N12O6S. The molecule has 3 aromatic heterocycles. The predicted molar refractivity (Wildman–Crippen MR) is 280 cm³/mol. The molecule has 3 fully saturated rings. The van der Waals surface area contributed by atoms with Crippen molar-refractivity contribution < 1.29 is 28.7 Å². The molecule has 3 N–H and O–H groups in total. The molecule has 1 unspecified atom stereocenters. The van der Waals surface area contributed by atoms with Gasteiger partial charge in [-0.25, -0.2) is 4.68 Å². The first kappa shape index (κ1) is 51.3. The molecule has 4 atom stereocenters. The molecule has 390 valence electrons. The number of aromatic nitrogens is 6. The number of hydrogen-bond acceptors (Lipinski definition) is 12. The van der Waals surface area contributed by atoms with E-state index in [4.69, 9.17) is 32.9 Å². The Morgan fingerprint density at radius 1 is 0.946 bits per heavy atom. The number of rotatable bonds is 15. The van der Waals surface area contributed by atoms with Crippen molar-refractivity contribution in [1.29, 1.82) is 0 Å². The maximum absolute atomic E-state index is 14.9. The fraction of sp³-hybridized carbons (Fsp3) is 0.509. The van der Waals surface area contributed by atoms with Gasteiger partial charge in [-0.05, 0) is 108 Å². The number of benzene rings is 2. The summed E-state index contributed by atoms with van der Waals surface area (Å²) in [5.74, 6) is 0.353. The van der Waals surface area contributed by atoms with E-state index >= 15 is 0 Å². The molecule has 2 aliphatic carbocycles. The molecule has 1 spiro atoms. The summed E-state index contributed by atoms with van der Waals surface area (Å²) in [4.78, 5) is 78.6. The first-order chi connectivity index (χ1) is 35.5. The number of aliphatic imine (C=N–C) groups is 1. The summed E-state index contributed by atoms with van der Waals surface area (Å²) in [6, 6.07) is 9.86. The van der Waals surface area contributed by atoms with Crippen molar-refractivity contribution in [2.24, 2.45) is 21.7 Å². The maximum Gasteiger partial charge on any atom is 0.239 e. The fourth-order valence-electron chi connectivity index (χ4n) is 11.5. The van der Waals surface area contributed by atoms with Crippen LogP contribution in [0.5, 0.6) is 5.75 Å². The van der Waals surface area contributed by atoms with Crippen molar-refractivity contribution in [3.8, 4) is 10.8 Å². The van der Waals surface area contributed by atoms with Gasteiger partial charge in [-0.15, -0.1) is 26.6 Å². The number of aryl methyl sites for hydroxylation is 2. The number of halogens is 2. The summed E-state index contributed by atoms with van der Waals surface area (Å²) in [7, 11) is 1.62. The van der Waals surface area contributed by atoms with Crippen molar-refractivity contribution >= 4 is 69.8 Å². The second-order valence-corrected chi connectivity index (χ2v) is 22.9. The Bertz CT molecular complexity index is 3090. The largest absolute Gasteiger partial charge is 0.487 e. The molecule has 74 heavy (non-hydrogen) atoms. The van der Waals surface area contributed by atoms with Gasteiger partial charge in [-0.3, -0.25) is 33.5 Å². The number of nitrogens with one attached hydrogen (secondary N) is 3. The van der Waals surface area contributed by atoms with Crippen LogP contribution >= 0.6 is 34.5 Å². The Hall–Kier alpha value is -6.18. The van der Waals surface area contributed by atoms with Gasteiger partial charge in [0.25, 0.3) is 0 Å². The lowest BCUT2D eigenvalue weighted by Gasteiger charge is -2.46. The van der Waals surface area contributed by atoms with E-state index in [0.29, 0.717) is 85.0 Å². The molecular weight excluding hydrogens is 1000 g/mol. The van der Waals surface area contributed by atoms with Crippen molar-refractivity contribution in [2.75, 3.05) is 39.8 Å². The van der Waals surface area contributed by atoms with E-state index in [0.717, 1.165) is 74.8 Å². The Morgan fingerprint density at radius 2 is 1.73 bits per heavy atom. The van der Waals surface area contributed by atoms with Gasteiger partial charge in [-0.1, -0.05) is 53.4 Å².